The molecule has 1 aliphatic heterocycles. The molecule has 1 amide bonds. The van der Waals surface area contributed by atoms with Crippen molar-refractivity contribution in [1.82, 2.24) is 5.32 Å². The molecule has 0 atom stereocenters. The number of methoxy groups -OCH3 is 1. The number of carbonyl (C=O) groups is 1. The van der Waals surface area contributed by atoms with Crippen LogP contribution in [0.15, 0.2) is 35.7 Å². The minimum atomic E-state index is 0.0667. The number of thiophene rings is 1. The van der Waals surface area contributed by atoms with Gasteiger partial charge in [-0.1, -0.05) is 6.07 Å². The van der Waals surface area contributed by atoms with Crippen LogP contribution in [0.3, 0.4) is 0 Å². The summed E-state index contributed by atoms with van der Waals surface area (Å²) in [5.74, 6) is 0.944. The number of nitrogens with zero attached hydrogens (tertiary/aromatic N) is 1. The van der Waals surface area contributed by atoms with E-state index in [4.69, 9.17) is 4.74 Å². The van der Waals surface area contributed by atoms with Crippen molar-refractivity contribution in [3.8, 4) is 5.75 Å². The molecule has 5 heteroatoms. The molecule has 0 radical (unpaired) electrons. The zero-order valence-corrected chi connectivity index (χ0v) is 13.5. The highest BCUT2D eigenvalue weighted by Gasteiger charge is 2.19. The quantitative estimate of drug-likeness (QED) is 0.922. The van der Waals surface area contributed by atoms with E-state index in [1.54, 1.807) is 18.4 Å². The van der Waals surface area contributed by atoms with Crippen LogP contribution in [0.25, 0.3) is 0 Å². The Morgan fingerprint density at radius 1 is 1.41 bits per heavy atom. The van der Waals surface area contributed by atoms with Crippen LogP contribution in [0.1, 0.15) is 16.9 Å². The maximum atomic E-state index is 12.2. The standard InChI is InChI=1S/C17H20N2O2S/c1-21-14-6-7-16-13(10-14)4-2-8-19(16)12-17(20)18-11-15-5-3-9-22-15/h3,5-7,9-10H,2,4,8,11-12H2,1H3,(H,18,20). The summed E-state index contributed by atoms with van der Waals surface area (Å²) in [5.41, 5.74) is 2.41. The number of hydrogen-bond donors (Lipinski definition) is 1. The van der Waals surface area contributed by atoms with Gasteiger partial charge in [0, 0.05) is 17.1 Å². The number of ether oxygens (including phenoxy) is 1. The topological polar surface area (TPSA) is 41.6 Å². The van der Waals surface area contributed by atoms with Gasteiger partial charge in [0.05, 0.1) is 20.2 Å². The lowest BCUT2D eigenvalue weighted by atomic mass is 10.0. The lowest BCUT2D eigenvalue weighted by Gasteiger charge is -2.31. The Labute approximate surface area is 134 Å². The van der Waals surface area contributed by atoms with Crippen LogP contribution in [0.4, 0.5) is 5.69 Å². The van der Waals surface area contributed by atoms with Gasteiger partial charge in [-0.05, 0) is 48.1 Å². The average molecular weight is 316 g/mol. The molecule has 1 aliphatic rings. The first-order valence-corrected chi connectivity index (χ1v) is 8.35. The summed E-state index contributed by atoms with van der Waals surface area (Å²) >= 11 is 1.66. The average Bonchev–Trinajstić information content (AvgIpc) is 3.06. The van der Waals surface area contributed by atoms with E-state index in [-0.39, 0.29) is 5.91 Å². The minimum absolute atomic E-state index is 0.0667. The molecule has 4 nitrogen and oxygen atoms in total. The first-order valence-electron chi connectivity index (χ1n) is 7.47. The van der Waals surface area contributed by atoms with Crippen molar-refractivity contribution in [2.45, 2.75) is 19.4 Å². The van der Waals surface area contributed by atoms with Gasteiger partial charge in [0.25, 0.3) is 0 Å². The van der Waals surface area contributed by atoms with Crippen LogP contribution in [0.5, 0.6) is 5.75 Å². The van der Waals surface area contributed by atoms with Gasteiger partial charge in [0.2, 0.25) is 5.91 Å². The Kier molecular flexibility index (Phi) is 4.63. The van der Waals surface area contributed by atoms with E-state index in [9.17, 15) is 4.79 Å². The summed E-state index contributed by atoms with van der Waals surface area (Å²) in [5, 5.41) is 5.01. The van der Waals surface area contributed by atoms with Crippen molar-refractivity contribution in [3.05, 3.63) is 46.2 Å². The molecular weight excluding hydrogens is 296 g/mol. The van der Waals surface area contributed by atoms with Crippen LogP contribution < -0.4 is 15.0 Å². The van der Waals surface area contributed by atoms with Crippen molar-refractivity contribution in [2.24, 2.45) is 0 Å². The summed E-state index contributed by atoms with van der Waals surface area (Å²) in [6.45, 7) is 1.94. The SMILES string of the molecule is COc1ccc2c(c1)CCCN2CC(=O)NCc1cccs1. The molecule has 1 N–H and O–H groups in total. The van der Waals surface area contributed by atoms with E-state index in [1.165, 1.54) is 10.4 Å². The van der Waals surface area contributed by atoms with E-state index in [0.29, 0.717) is 13.1 Å². The third-order valence-corrected chi connectivity index (χ3v) is 4.75. The second-order valence-electron chi connectivity index (χ2n) is 5.38. The van der Waals surface area contributed by atoms with Gasteiger partial charge in [0.15, 0.2) is 0 Å². The van der Waals surface area contributed by atoms with Gasteiger partial charge in [-0.25, -0.2) is 0 Å². The highest BCUT2D eigenvalue weighted by Crippen LogP contribution is 2.30. The first kappa shape index (κ1) is 14.9. The Bertz CT molecular complexity index is 640. The van der Waals surface area contributed by atoms with Crippen molar-refractivity contribution in [3.63, 3.8) is 0 Å². The molecule has 0 bridgehead atoms. The smallest absolute Gasteiger partial charge is 0.239 e. The third kappa shape index (κ3) is 3.42. The fourth-order valence-electron chi connectivity index (χ4n) is 2.77. The number of benzene rings is 1. The maximum Gasteiger partial charge on any atom is 0.239 e. The number of fused-ring (bicyclic) bond motifs is 1. The number of rotatable bonds is 5. The van der Waals surface area contributed by atoms with Crippen LogP contribution in [-0.4, -0.2) is 26.1 Å². The molecule has 3 rings (SSSR count). The van der Waals surface area contributed by atoms with Gasteiger partial charge < -0.3 is 15.0 Å². The predicted octanol–water partition coefficient (Wildman–Crippen LogP) is 2.83. The van der Waals surface area contributed by atoms with Gasteiger partial charge in [0.1, 0.15) is 5.75 Å². The van der Waals surface area contributed by atoms with Gasteiger partial charge in [-0.15, -0.1) is 11.3 Å². The van der Waals surface area contributed by atoms with E-state index in [1.807, 2.05) is 23.6 Å². The van der Waals surface area contributed by atoms with Crippen LogP contribution in [0.2, 0.25) is 0 Å². The molecule has 0 spiro atoms. The highest BCUT2D eigenvalue weighted by atomic mass is 32.1. The summed E-state index contributed by atoms with van der Waals surface area (Å²) in [7, 11) is 1.68. The normalized spacial score (nSPS) is 13.6. The van der Waals surface area contributed by atoms with Crippen molar-refractivity contribution >= 4 is 22.9 Å². The summed E-state index contributed by atoms with van der Waals surface area (Å²) in [6, 6.07) is 10.1. The van der Waals surface area contributed by atoms with E-state index < -0.39 is 0 Å². The maximum absolute atomic E-state index is 12.2. The molecule has 1 aromatic heterocycles. The zero-order chi connectivity index (χ0) is 15.4. The van der Waals surface area contributed by atoms with Crippen molar-refractivity contribution in [2.75, 3.05) is 25.1 Å². The number of nitrogens with one attached hydrogen (secondary N) is 1. The van der Waals surface area contributed by atoms with E-state index in [2.05, 4.69) is 22.3 Å². The molecule has 1 aromatic carbocycles. The highest BCUT2D eigenvalue weighted by molar-refractivity contribution is 7.09. The Balaban J connectivity index is 1.62. The minimum Gasteiger partial charge on any atom is -0.497 e. The molecule has 0 aliphatic carbocycles. The van der Waals surface area contributed by atoms with Crippen LogP contribution in [0, 0.1) is 0 Å². The van der Waals surface area contributed by atoms with E-state index >= 15 is 0 Å². The predicted molar refractivity (Wildman–Crippen MR) is 89.7 cm³/mol. The van der Waals surface area contributed by atoms with Crippen molar-refractivity contribution in [1.29, 1.82) is 0 Å². The summed E-state index contributed by atoms with van der Waals surface area (Å²) in [4.78, 5) is 15.5. The largest absolute Gasteiger partial charge is 0.497 e. The molecule has 2 aromatic rings. The zero-order valence-electron chi connectivity index (χ0n) is 12.7. The van der Waals surface area contributed by atoms with Gasteiger partial charge in [-0.3, -0.25) is 4.79 Å². The van der Waals surface area contributed by atoms with Gasteiger partial charge in [-0.2, -0.15) is 0 Å². The number of amides is 1. The molecule has 0 saturated carbocycles. The lowest BCUT2D eigenvalue weighted by Crippen LogP contribution is -2.39. The molecular formula is C17H20N2O2S. The lowest BCUT2D eigenvalue weighted by molar-refractivity contribution is -0.119. The Morgan fingerprint density at radius 2 is 2.32 bits per heavy atom. The number of hydrogen-bond acceptors (Lipinski definition) is 4. The monoisotopic (exact) mass is 316 g/mol. The fraction of sp³-hybridized carbons (Fsp3) is 0.353. The fourth-order valence-corrected chi connectivity index (χ4v) is 3.42. The van der Waals surface area contributed by atoms with Crippen LogP contribution in [-0.2, 0) is 17.8 Å². The Morgan fingerprint density at radius 3 is 3.09 bits per heavy atom. The molecule has 22 heavy (non-hydrogen) atoms. The molecule has 2 heterocycles. The number of anilines is 1. The molecule has 0 unspecified atom stereocenters. The Hall–Kier alpha value is -2.01. The summed E-state index contributed by atoms with van der Waals surface area (Å²) < 4.78 is 5.28. The second kappa shape index (κ2) is 6.83. The second-order valence-corrected chi connectivity index (χ2v) is 6.41. The summed E-state index contributed by atoms with van der Waals surface area (Å²) in [6.07, 6.45) is 2.11. The van der Waals surface area contributed by atoms with Gasteiger partial charge >= 0.3 is 0 Å². The molecule has 0 saturated heterocycles. The molecule has 116 valence electrons. The van der Waals surface area contributed by atoms with Crippen LogP contribution >= 0.6 is 11.3 Å². The van der Waals surface area contributed by atoms with E-state index in [0.717, 1.165) is 30.8 Å². The third-order valence-electron chi connectivity index (χ3n) is 3.88. The van der Waals surface area contributed by atoms with Crippen molar-refractivity contribution < 1.29 is 9.53 Å². The first-order chi connectivity index (χ1) is 10.8. The molecule has 0 fully saturated rings. The number of aryl methyl sites for hydroxylation is 1. The number of carbonyl (C=O) groups excluding carboxylic acids is 1.